The van der Waals surface area contributed by atoms with Gasteiger partial charge in [-0.1, -0.05) is 18.2 Å². The molecule has 1 heterocycles. The van der Waals surface area contributed by atoms with Crippen LogP contribution in [0.3, 0.4) is 0 Å². The quantitative estimate of drug-likeness (QED) is 0.665. The number of rotatable bonds is 5. The van der Waals surface area contributed by atoms with E-state index in [9.17, 15) is 4.39 Å². The van der Waals surface area contributed by atoms with Gasteiger partial charge in [-0.05, 0) is 42.8 Å². The van der Waals surface area contributed by atoms with Crippen LogP contribution >= 0.6 is 12.6 Å². The van der Waals surface area contributed by atoms with Gasteiger partial charge >= 0.3 is 0 Å². The maximum absolute atomic E-state index is 13.0. The summed E-state index contributed by atoms with van der Waals surface area (Å²) < 4.78 is 18.6. The highest BCUT2D eigenvalue weighted by atomic mass is 32.1. The Morgan fingerprint density at radius 1 is 1.08 bits per heavy atom. The molecule has 3 aromatic rings. The Labute approximate surface area is 145 Å². The van der Waals surface area contributed by atoms with E-state index in [4.69, 9.17) is 4.74 Å². The molecule has 24 heavy (non-hydrogen) atoms. The topological polar surface area (TPSA) is 47.0 Å². The highest BCUT2D eigenvalue weighted by Crippen LogP contribution is 2.22. The van der Waals surface area contributed by atoms with Crippen molar-refractivity contribution in [3.63, 3.8) is 0 Å². The Kier molecular flexibility index (Phi) is 4.96. The third-order valence-corrected chi connectivity index (χ3v) is 3.73. The summed E-state index contributed by atoms with van der Waals surface area (Å²) in [4.78, 5) is 9.58. The number of hydrogen-bond acceptors (Lipinski definition) is 5. The SMILES string of the molecule is Cc1cc(Oc2ccc(F)cc2)nc(NCc2ccccc2S)n1. The molecule has 0 aliphatic heterocycles. The van der Waals surface area contributed by atoms with Crippen LogP contribution in [0.4, 0.5) is 10.3 Å². The van der Waals surface area contributed by atoms with Crippen molar-refractivity contribution in [3.8, 4) is 11.6 Å². The van der Waals surface area contributed by atoms with Gasteiger partial charge in [-0.15, -0.1) is 12.6 Å². The zero-order chi connectivity index (χ0) is 16.9. The average molecular weight is 341 g/mol. The Bertz CT molecular complexity index is 840. The Morgan fingerprint density at radius 2 is 1.83 bits per heavy atom. The van der Waals surface area contributed by atoms with E-state index in [-0.39, 0.29) is 5.82 Å². The maximum Gasteiger partial charge on any atom is 0.226 e. The smallest absolute Gasteiger partial charge is 0.226 e. The van der Waals surface area contributed by atoms with E-state index < -0.39 is 0 Å². The first-order valence-electron chi connectivity index (χ1n) is 7.40. The lowest BCUT2D eigenvalue weighted by Gasteiger charge is -2.10. The first-order valence-corrected chi connectivity index (χ1v) is 7.85. The van der Waals surface area contributed by atoms with Gasteiger partial charge in [-0.2, -0.15) is 4.98 Å². The zero-order valence-corrected chi connectivity index (χ0v) is 13.9. The summed E-state index contributed by atoms with van der Waals surface area (Å²) in [7, 11) is 0. The van der Waals surface area contributed by atoms with Gasteiger partial charge in [0, 0.05) is 23.2 Å². The van der Waals surface area contributed by atoms with Crippen LogP contribution in [0.15, 0.2) is 59.5 Å². The predicted octanol–water partition coefficient (Wildman–Crippen LogP) is 4.62. The van der Waals surface area contributed by atoms with E-state index in [1.54, 1.807) is 18.2 Å². The van der Waals surface area contributed by atoms with Crippen molar-refractivity contribution in [2.75, 3.05) is 5.32 Å². The lowest BCUT2D eigenvalue weighted by molar-refractivity contribution is 0.460. The lowest BCUT2D eigenvalue weighted by atomic mass is 10.2. The normalized spacial score (nSPS) is 10.5. The molecule has 0 aliphatic carbocycles. The molecule has 3 rings (SSSR count). The maximum atomic E-state index is 13.0. The summed E-state index contributed by atoms with van der Waals surface area (Å²) in [5.41, 5.74) is 1.82. The molecule has 0 unspecified atom stereocenters. The van der Waals surface area contributed by atoms with E-state index in [2.05, 4.69) is 27.9 Å². The van der Waals surface area contributed by atoms with Crippen LogP contribution in [-0.4, -0.2) is 9.97 Å². The lowest BCUT2D eigenvalue weighted by Crippen LogP contribution is -2.05. The summed E-state index contributed by atoms with van der Waals surface area (Å²) in [6.07, 6.45) is 0. The Morgan fingerprint density at radius 3 is 2.58 bits per heavy atom. The highest BCUT2D eigenvalue weighted by molar-refractivity contribution is 7.80. The van der Waals surface area contributed by atoms with E-state index in [1.807, 2.05) is 31.2 Å². The molecular weight excluding hydrogens is 325 g/mol. The second-order valence-corrected chi connectivity index (χ2v) is 5.69. The Balaban J connectivity index is 1.74. The third-order valence-electron chi connectivity index (χ3n) is 3.30. The molecule has 2 aromatic carbocycles. The van der Waals surface area contributed by atoms with Crippen LogP contribution < -0.4 is 10.1 Å². The molecule has 0 atom stereocenters. The van der Waals surface area contributed by atoms with E-state index in [0.29, 0.717) is 24.1 Å². The van der Waals surface area contributed by atoms with E-state index in [0.717, 1.165) is 16.2 Å². The third kappa shape index (κ3) is 4.23. The van der Waals surface area contributed by atoms with Crippen LogP contribution in [-0.2, 0) is 6.54 Å². The summed E-state index contributed by atoms with van der Waals surface area (Å²) in [6.45, 7) is 2.41. The molecule has 1 N–H and O–H groups in total. The van der Waals surface area contributed by atoms with Gasteiger partial charge < -0.3 is 10.1 Å². The molecule has 0 saturated heterocycles. The van der Waals surface area contributed by atoms with Crippen molar-refractivity contribution in [1.82, 2.24) is 9.97 Å². The monoisotopic (exact) mass is 341 g/mol. The van der Waals surface area contributed by atoms with Crippen LogP contribution in [0.2, 0.25) is 0 Å². The zero-order valence-electron chi connectivity index (χ0n) is 13.0. The van der Waals surface area contributed by atoms with Gasteiger partial charge in [0.15, 0.2) is 0 Å². The van der Waals surface area contributed by atoms with Crippen molar-refractivity contribution < 1.29 is 9.13 Å². The number of aromatic nitrogens is 2. The number of ether oxygens (including phenoxy) is 1. The van der Waals surface area contributed by atoms with Crippen molar-refractivity contribution >= 4 is 18.6 Å². The van der Waals surface area contributed by atoms with Crippen LogP contribution in [0.5, 0.6) is 11.6 Å². The first kappa shape index (κ1) is 16.3. The molecule has 0 spiro atoms. The highest BCUT2D eigenvalue weighted by Gasteiger charge is 2.06. The minimum absolute atomic E-state index is 0.311. The molecule has 1 aromatic heterocycles. The number of benzene rings is 2. The number of anilines is 1. The number of nitrogens with one attached hydrogen (secondary N) is 1. The van der Waals surface area contributed by atoms with Gasteiger partial charge in [-0.3, -0.25) is 0 Å². The van der Waals surface area contributed by atoms with E-state index >= 15 is 0 Å². The standard InChI is InChI=1S/C18H16FN3OS/c1-12-10-17(23-15-8-6-14(19)7-9-15)22-18(21-12)20-11-13-4-2-3-5-16(13)24/h2-10,24H,11H2,1H3,(H,20,21,22). The molecule has 0 radical (unpaired) electrons. The van der Waals surface area contributed by atoms with Crippen LogP contribution in [0.1, 0.15) is 11.3 Å². The van der Waals surface area contributed by atoms with Gasteiger partial charge in [0.1, 0.15) is 11.6 Å². The molecule has 122 valence electrons. The molecule has 6 heteroatoms. The van der Waals surface area contributed by atoms with Crippen molar-refractivity contribution in [1.29, 1.82) is 0 Å². The molecule has 0 bridgehead atoms. The van der Waals surface area contributed by atoms with Gasteiger partial charge in [0.25, 0.3) is 0 Å². The molecular formula is C18H16FN3OS. The average Bonchev–Trinajstić information content (AvgIpc) is 2.56. The van der Waals surface area contributed by atoms with Crippen LogP contribution in [0, 0.1) is 12.7 Å². The molecule has 0 saturated carbocycles. The van der Waals surface area contributed by atoms with Gasteiger partial charge in [0.05, 0.1) is 0 Å². The largest absolute Gasteiger partial charge is 0.439 e. The molecule has 0 aliphatic rings. The van der Waals surface area contributed by atoms with Gasteiger partial charge in [0.2, 0.25) is 11.8 Å². The fourth-order valence-electron chi connectivity index (χ4n) is 2.13. The summed E-state index contributed by atoms with van der Waals surface area (Å²) in [6, 6.07) is 15.3. The number of nitrogens with zero attached hydrogens (tertiary/aromatic N) is 2. The predicted molar refractivity (Wildman–Crippen MR) is 94.3 cm³/mol. The Hall–Kier alpha value is -2.60. The minimum atomic E-state index is -0.311. The van der Waals surface area contributed by atoms with Crippen LogP contribution in [0.25, 0.3) is 0 Å². The van der Waals surface area contributed by atoms with E-state index in [1.165, 1.54) is 12.1 Å². The number of aryl methyl sites for hydroxylation is 1. The number of hydrogen-bond donors (Lipinski definition) is 2. The first-order chi connectivity index (χ1) is 11.6. The molecule has 0 amide bonds. The fraction of sp³-hybridized carbons (Fsp3) is 0.111. The minimum Gasteiger partial charge on any atom is -0.439 e. The molecule has 0 fully saturated rings. The summed E-state index contributed by atoms with van der Waals surface area (Å²) in [5.74, 6) is 1.06. The second-order valence-electron chi connectivity index (χ2n) is 5.21. The van der Waals surface area contributed by atoms with Crippen molar-refractivity contribution in [3.05, 3.63) is 71.7 Å². The van der Waals surface area contributed by atoms with Crippen molar-refractivity contribution in [2.24, 2.45) is 0 Å². The van der Waals surface area contributed by atoms with Gasteiger partial charge in [-0.25, -0.2) is 9.37 Å². The number of halogens is 1. The van der Waals surface area contributed by atoms with Crippen molar-refractivity contribution in [2.45, 2.75) is 18.4 Å². The second kappa shape index (κ2) is 7.31. The summed E-state index contributed by atoms with van der Waals surface area (Å²) >= 11 is 4.42. The fourth-order valence-corrected chi connectivity index (χ4v) is 2.37. The summed E-state index contributed by atoms with van der Waals surface area (Å²) in [5, 5.41) is 3.17. The molecule has 4 nitrogen and oxygen atoms in total. The number of thiol groups is 1.